The van der Waals surface area contributed by atoms with E-state index in [1.807, 2.05) is 7.05 Å². The fourth-order valence-electron chi connectivity index (χ4n) is 2.12. The Morgan fingerprint density at radius 3 is 3.07 bits per heavy atom. The van der Waals surface area contributed by atoms with Crippen LogP contribution in [-0.2, 0) is 0 Å². The van der Waals surface area contributed by atoms with Gasteiger partial charge in [0.2, 0.25) is 0 Å². The third-order valence-electron chi connectivity index (χ3n) is 2.91. The first kappa shape index (κ1) is 10.1. The number of rotatable bonds is 2. The van der Waals surface area contributed by atoms with Gasteiger partial charge in [0, 0.05) is 6.20 Å². The molecule has 4 heteroatoms. The molecule has 1 atom stereocenters. The topological polar surface area (TPSA) is 53.4 Å². The number of hydrogen-bond donors (Lipinski definition) is 1. The highest BCUT2D eigenvalue weighted by Gasteiger charge is 2.27. The largest absolute Gasteiger partial charge is 0.478 e. The summed E-state index contributed by atoms with van der Waals surface area (Å²) in [5.41, 5.74) is 1.03. The van der Waals surface area contributed by atoms with Gasteiger partial charge in [-0.05, 0) is 38.6 Å². The summed E-state index contributed by atoms with van der Waals surface area (Å²) in [6.45, 7) is 1.01. The number of carboxylic acids is 1. The number of carbonyl (C=O) groups is 1. The van der Waals surface area contributed by atoms with Crippen LogP contribution in [0.15, 0.2) is 18.3 Å². The summed E-state index contributed by atoms with van der Waals surface area (Å²) < 4.78 is 0. The van der Waals surface area contributed by atoms with Crippen LogP contribution in [0.1, 0.15) is 34.9 Å². The summed E-state index contributed by atoms with van der Waals surface area (Å²) in [5, 5.41) is 9.05. The van der Waals surface area contributed by atoms with Gasteiger partial charge in [-0.1, -0.05) is 0 Å². The molecule has 80 valence electrons. The fraction of sp³-hybridized carbons (Fsp3) is 0.455. The second-order valence-electron chi connectivity index (χ2n) is 3.88. The van der Waals surface area contributed by atoms with Crippen molar-refractivity contribution in [2.45, 2.75) is 18.9 Å². The van der Waals surface area contributed by atoms with Crippen molar-refractivity contribution in [2.24, 2.45) is 0 Å². The van der Waals surface area contributed by atoms with E-state index in [-0.39, 0.29) is 6.04 Å². The first-order chi connectivity index (χ1) is 7.20. The molecule has 2 heterocycles. The second kappa shape index (κ2) is 3.98. The monoisotopic (exact) mass is 206 g/mol. The van der Waals surface area contributed by atoms with Gasteiger partial charge in [-0.25, -0.2) is 4.79 Å². The molecule has 0 radical (unpaired) electrons. The van der Waals surface area contributed by atoms with Gasteiger partial charge >= 0.3 is 5.97 Å². The molecule has 1 fully saturated rings. The molecule has 1 aromatic rings. The van der Waals surface area contributed by atoms with Gasteiger partial charge in [-0.15, -0.1) is 0 Å². The summed E-state index contributed by atoms with van der Waals surface area (Å²) in [6, 6.07) is 3.45. The van der Waals surface area contributed by atoms with E-state index in [9.17, 15) is 4.79 Å². The maximum absolute atomic E-state index is 11.0. The standard InChI is InChI=1S/C11H14N2O2/c1-13-7-3-5-9(13)10-8(11(14)15)4-2-6-12-10/h2,4,6,9H,3,5,7H2,1H3,(H,14,15). The van der Waals surface area contributed by atoms with Crippen molar-refractivity contribution >= 4 is 5.97 Å². The average molecular weight is 206 g/mol. The van der Waals surface area contributed by atoms with Crippen LogP contribution in [0, 0.1) is 0 Å². The van der Waals surface area contributed by atoms with E-state index in [0.29, 0.717) is 11.3 Å². The van der Waals surface area contributed by atoms with Crippen LogP contribution < -0.4 is 0 Å². The van der Waals surface area contributed by atoms with Crippen LogP contribution in [0.2, 0.25) is 0 Å². The highest BCUT2D eigenvalue weighted by molar-refractivity contribution is 5.88. The van der Waals surface area contributed by atoms with E-state index in [4.69, 9.17) is 5.11 Å². The average Bonchev–Trinajstić information content (AvgIpc) is 2.64. The molecular formula is C11H14N2O2. The quantitative estimate of drug-likeness (QED) is 0.797. The lowest BCUT2D eigenvalue weighted by Crippen LogP contribution is -2.21. The number of hydrogen-bond acceptors (Lipinski definition) is 3. The Balaban J connectivity index is 2.38. The summed E-state index contributed by atoms with van der Waals surface area (Å²) in [7, 11) is 2.01. The number of carboxylic acid groups (broad SMARTS) is 1. The number of likely N-dealkylation sites (tertiary alicyclic amines) is 1. The molecule has 0 spiro atoms. The predicted molar refractivity (Wildman–Crippen MR) is 55.8 cm³/mol. The van der Waals surface area contributed by atoms with Crippen molar-refractivity contribution in [1.82, 2.24) is 9.88 Å². The van der Waals surface area contributed by atoms with Crippen molar-refractivity contribution in [3.8, 4) is 0 Å². The molecule has 2 rings (SSSR count). The van der Waals surface area contributed by atoms with Crippen molar-refractivity contribution in [3.05, 3.63) is 29.6 Å². The number of pyridine rings is 1. The van der Waals surface area contributed by atoms with Crippen molar-refractivity contribution < 1.29 is 9.90 Å². The third-order valence-corrected chi connectivity index (χ3v) is 2.91. The van der Waals surface area contributed by atoms with E-state index in [1.165, 1.54) is 0 Å². The zero-order chi connectivity index (χ0) is 10.8. The summed E-state index contributed by atoms with van der Waals surface area (Å²) in [5.74, 6) is -0.890. The number of nitrogens with zero attached hydrogens (tertiary/aromatic N) is 2. The molecule has 0 saturated carbocycles. The van der Waals surface area contributed by atoms with Crippen molar-refractivity contribution in [3.63, 3.8) is 0 Å². The molecule has 0 aliphatic carbocycles. The Hall–Kier alpha value is -1.42. The van der Waals surface area contributed by atoms with Crippen LogP contribution in [0.4, 0.5) is 0 Å². The lowest BCUT2D eigenvalue weighted by atomic mass is 10.1. The lowest BCUT2D eigenvalue weighted by molar-refractivity contribution is 0.0693. The Labute approximate surface area is 88.6 Å². The van der Waals surface area contributed by atoms with E-state index in [0.717, 1.165) is 19.4 Å². The maximum Gasteiger partial charge on any atom is 0.337 e. The van der Waals surface area contributed by atoms with Crippen LogP contribution in [0.25, 0.3) is 0 Å². The maximum atomic E-state index is 11.0. The molecule has 1 N–H and O–H groups in total. The van der Waals surface area contributed by atoms with E-state index >= 15 is 0 Å². The van der Waals surface area contributed by atoms with Gasteiger partial charge in [0.15, 0.2) is 0 Å². The minimum absolute atomic E-state index is 0.164. The SMILES string of the molecule is CN1CCCC1c1ncccc1C(=O)O. The molecule has 0 amide bonds. The molecule has 1 aromatic heterocycles. The normalized spacial score (nSPS) is 21.8. The van der Waals surface area contributed by atoms with Gasteiger partial charge in [0.25, 0.3) is 0 Å². The minimum Gasteiger partial charge on any atom is -0.478 e. The third kappa shape index (κ3) is 1.85. The molecule has 4 nitrogen and oxygen atoms in total. The van der Waals surface area contributed by atoms with Crippen molar-refractivity contribution in [1.29, 1.82) is 0 Å². The summed E-state index contributed by atoms with van der Waals surface area (Å²) in [6.07, 6.45) is 3.76. The number of aromatic nitrogens is 1. The van der Waals surface area contributed by atoms with Gasteiger partial charge in [-0.3, -0.25) is 9.88 Å². The Kier molecular flexibility index (Phi) is 2.68. The van der Waals surface area contributed by atoms with Crippen LogP contribution in [-0.4, -0.2) is 34.6 Å². The zero-order valence-corrected chi connectivity index (χ0v) is 8.68. The molecule has 15 heavy (non-hydrogen) atoms. The van der Waals surface area contributed by atoms with E-state index in [1.54, 1.807) is 18.3 Å². The molecule has 0 bridgehead atoms. The fourth-order valence-corrected chi connectivity index (χ4v) is 2.12. The highest BCUT2D eigenvalue weighted by Crippen LogP contribution is 2.30. The van der Waals surface area contributed by atoms with Crippen LogP contribution in [0.3, 0.4) is 0 Å². The molecule has 1 saturated heterocycles. The smallest absolute Gasteiger partial charge is 0.337 e. The van der Waals surface area contributed by atoms with Gasteiger partial charge in [0.1, 0.15) is 0 Å². The Morgan fingerprint density at radius 2 is 2.47 bits per heavy atom. The molecule has 1 unspecified atom stereocenters. The van der Waals surface area contributed by atoms with Crippen LogP contribution in [0.5, 0.6) is 0 Å². The highest BCUT2D eigenvalue weighted by atomic mass is 16.4. The molecule has 0 aromatic carbocycles. The van der Waals surface area contributed by atoms with Gasteiger partial charge in [0.05, 0.1) is 17.3 Å². The first-order valence-electron chi connectivity index (χ1n) is 5.08. The summed E-state index contributed by atoms with van der Waals surface area (Å²) in [4.78, 5) is 17.4. The minimum atomic E-state index is -0.890. The van der Waals surface area contributed by atoms with Crippen LogP contribution >= 0.6 is 0 Å². The first-order valence-corrected chi connectivity index (χ1v) is 5.08. The van der Waals surface area contributed by atoms with E-state index in [2.05, 4.69) is 9.88 Å². The second-order valence-corrected chi connectivity index (χ2v) is 3.88. The molecule has 1 aliphatic heterocycles. The van der Waals surface area contributed by atoms with E-state index < -0.39 is 5.97 Å². The van der Waals surface area contributed by atoms with Gasteiger partial charge in [-0.2, -0.15) is 0 Å². The lowest BCUT2D eigenvalue weighted by Gasteiger charge is -2.19. The van der Waals surface area contributed by atoms with Crippen molar-refractivity contribution in [2.75, 3.05) is 13.6 Å². The zero-order valence-electron chi connectivity index (χ0n) is 8.68. The molecular weight excluding hydrogens is 192 g/mol. The number of aromatic carboxylic acids is 1. The molecule has 1 aliphatic rings. The Morgan fingerprint density at radius 1 is 1.67 bits per heavy atom. The predicted octanol–water partition coefficient (Wildman–Crippen LogP) is 1.55. The Bertz CT molecular complexity index is 379. The summed E-state index contributed by atoms with van der Waals surface area (Å²) >= 11 is 0. The van der Waals surface area contributed by atoms with Gasteiger partial charge < -0.3 is 5.11 Å².